The van der Waals surface area contributed by atoms with Gasteiger partial charge in [0.2, 0.25) is 0 Å². The molecule has 24 heavy (non-hydrogen) atoms. The summed E-state index contributed by atoms with van der Waals surface area (Å²) in [4.78, 5) is 2.30. The van der Waals surface area contributed by atoms with Crippen molar-refractivity contribution in [1.82, 2.24) is 4.90 Å². The second-order valence-electron chi connectivity index (χ2n) is 5.83. The molecule has 2 aromatic carbocycles. The molecule has 0 N–H and O–H groups in total. The normalized spacial score (nSPS) is 18.4. The van der Waals surface area contributed by atoms with Gasteiger partial charge in [0.1, 0.15) is 17.3 Å². The lowest BCUT2D eigenvalue weighted by atomic mass is 10.1. The third kappa shape index (κ3) is 3.86. The van der Waals surface area contributed by atoms with Crippen LogP contribution in [0.5, 0.6) is 11.5 Å². The maximum Gasteiger partial charge on any atom is 0.127 e. The molecule has 0 unspecified atom stereocenters. The van der Waals surface area contributed by atoms with Crippen molar-refractivity contribution in [3.05, 3.63) is 59.4 Å². The molecule has 1 aliphatic rings. The van der Waals surface area contributed by atoms with Gasteiger partial charge in [0.05, 0.1) is 26.9 Å². The Morgan fingerprint density at radius 1 is 1.17 bits per heavy atom. The molecule has 1 heterocycles. The molecule has 4 nitrogen and oxygen atoms in total. The molecule has 5 heteroatoms. The molecule has 1 aliphatic heterocycles. The largest absolute Gasteiger partial charge is 0.497 e. The summed E-state index contributed by atoms with van der Waals surface area (Å²) in [6, 6.07) is 12.5. The van der Waals surface area contributed by atoms with Crippen molar-refractivity contribution in [3.8, 4) is 11.5 Å². The van der Waals surface area contributed by atoms with Crippen LogP contribution in [0.2, 0.25) is 0 Å². The number of rotatable bonds is 5. The molecule has 2 aromatic rings. The predicted octanol–water partition coefficient (Wildman–Crippen LogP) is 3.42. The molecule has 1 fully saturated rings. The summed E-state index contributed by atoms with van der Waals surface area (Å²) in [6.45, 7) is 2.93. The van der Waals surface area contributed by atoms with Gasteiger partial charge in [-0.25, -0.2) is 4.39 Å². The van der Waals surface area contributed by atoms with E-state index < -0.39 is 0 Å². The van der Waals surface area contributed by atoms with Gasteiger partial charge in [-0.05, 0) is 23.8 Å². The van der Waals surface area contributed by atoms with Gasteiger partial charge in [-0.3, -0.25) is 4.90 Å². The SMILES string of the molecule is COc1ccc(CN2CCO[C@H](c3cccc(F)c3)C2)c(OC)c1. The van der Waals surface area contributed by atoms with Crippen molar-refractivity contribution in [2.75, 3.05) is 33.9 Å². The third-order valence-corrected chi connectivity index (χ3v) is 4.26. The van der Waals surface area contributed by atoms with Gasteiger partial charge >= 0.3 is 0 Å². The zero-order valence-electron chi connectivity index (χ0n) is 14.0. The van der Waals surface area contributed by atoms with Gasteiger partial charge in [0, 0.05) is 31.3 Å². The van der Waals surface area contributed by atoms with Crippen molar-refractivity contribution in [3.63, 3.8) is 0 Å². The highest BCUT2D eigenvalue weighted by Gasteiger charge is 2.23. The highest BCUT2D eigenvalue weighted by molar-refractivity contribution is 5.40. The van der Waals surface area contributed by atoms with Crippen LogP contribution in [0.4, 0.5) is 4.39 Å². The molecule has 3 rings (SSSR count). The zero-order valence-corrected chi connectivity index (χ0v) is 14.0. The van der Waals surface area contributed by atoms with Crippen LogP contribution < -0.4 is 9.47 Å². The van der Waals surface area contributed by atoms with Crippen LogP contribution in [0.3, 0.4) is 0 Å². The first-order valence-corrected chi connectivity index (χ1v) is 8.00. The quantitative estimate of drug-likeness (QED) is 0.840. The molecule has 0 radical (unpaired) electrons. The van der Waals surface area contributed by atoms with Crippen LogP contribution in [0.1, 0.15) is 17.2 Å². The van der Waals surface area contributed by atoms with Gasteiger partial charge in [-0.1, -0.05) is 18.2 Å². The maximum absolute atomic E-state index is 13.4. The Labute approximate surface area is 141 Å². The summed E-state index contributed by atoms with van der Waals surface area (Å²) in [7, 11) is 3.30. The Hall–Kier alpha value is -2.11. The minimum atomic E-state index is -0.231. The molecule has 1 saturated heterocycles. The number of hydrogen-bond acceptors (Lipinski definition) is 4. The molecule has 0 amide bonds. The van der Waals surface area contributed by atoms with Gasteiger partial charge in [0.25, 0.3) is 0 Å². The van der Waals surface area contributed by atoms with Gasteiger partial charge in [-0.2, -0.15) is 0 Å². The second kappa shape index (κ2) is 7.64. The number of ether oxygens (including phenoxy) is 3. The van der Waals surface area contributed by atoms with E-state index in [9.17, 15) is 4.39 Å². The average molecular weight is 331 g/mol. The lowest BCUT2D eigenvalue weighted by Gasteiger charge is -2.33. The Bertz CT molecular complexity index is 692. The Kier molecular flexibility index (Phi) is 5.33. The van der Waals surface area contributed by atoms with Crippen LogP contribution in [0, 0.1) is 5.82 Å². The number of methoxy groups -OCH3 is 2. The van der Waals surface area contributed by atoms with Crippen molar-refractivity contribution in [2.24, 2.45) is 0 Å². The summed E-state index contributed by atoms with van der Waals surface area (Å²) in [5.41, 5.74) is 1.97. The third-order valence-electron chi connectivity index (χ3n) is 4.26. The summed E-state index contributed by atoms with van der Waals surface area (Å²) < 4.78 is 30.0. The van der Waals surface area contributed by atoms with Gasteiger partial charge in [-0.15, -0.1) is 0 Å². The van der Waals surface area contributed by atoms with Crippen molar-refractivity contribution in [1.29, 1.82) is 0 Å². The fraction of sp³-hybridized carbons (Fsp3) is 0.368. The van der Waals surface area contributed by atoms with E-state index in [1.807, 2.05) is 24.3 Å². The first-order valence-electron chi connectivity index (χ1n) is 8.00. The van der Waals surface area contributed by atoms with Gasteiger partial charge < -0.3 is 14.2 Å². The van der Waals surface area contributed by atoms with Crippen LogP contribution in [0.15, 0.2) is 42.5 Å². The lowest BCUT2D eigenvalue weighted by Crippen LogP contribution is -2.37. The molecule has 1 atom stereocenters. The smallest absolute Gasteiger partial charge is 0.127 e. The number of halogens is 1. The minimum Gasteiger partial charge on any atom is -0.497 e. The minimum absolute atomic E-state index is 0.112. The van der Waals surface area contributed by atoms with E-state index in [-0.39, 0.29) is 11.9 Å². The number of hydrogen-bond donors (Lipinski definition) is 0. The molecule has 128 valence electrons. The highest BCUT2D eigenvalue weighted by Crippen LogP contribution is 2.28. The molecule has 0 bridgehead atoms. The van der Waals surface area contributed by atoms with E-state index in [4.69, 9.17) is 14.2 Å². The molecule has 0 saturated carbocycles. The fourth-order valence-corrected chi connectivity index (χ4v) is 2.98. The highest BCUT2D eigenvalue weighted by atomic mass is 19.1. The van der Waals surface area contributed by atoms with E-state index >= 15 is 0 Å². The second-order valence-corrected chi connectivity index (χ2v) is 5.83. The van der Waals surface area contributed by atoms with Crippen LogP contribution in [-0.2, 0) is 11.3 Å². The van der Waals surface area contributed by atoms with E-state index in [2.05, 4.69) is 4.90 Å². The maximum atomic E-state index is 13.4. The summed E-state index contributed by atoms with van der Waals surface area (Å²) >= 11 is 0. The molecular weight excluding hydrogens is 309 g/mol. The van der Waals surface area contributed by atoms with E-state index in [0.29, 0.717) is 6.61 Å². The molecular formula is C19H22FNO3. The standard InChI is InChI=1S/C19H22FNO3/c1-22-17-7-6-15(18(11-17)23-2)12-21-8-9-24-19(13-21)14-4-3-5-16(20)10-14/h3-7,10-11,19H,8-9,12-13H2,1-2H3/t19-/m0/s1. The fourth-order valence-electron chi connectivity index (χ4n) is 2.98. The van der Waals surface area contributed by atoms with E-state index in [1.165, 1.54) is 6.07 Å². The zero-order chi connectivity index (χ0) is 16.9. The molecule has 0 aliphatic carbocycles. The number of nitrogens with zero attached hydrogens (tertiary/aromatic N) is 1. The van der Waals surface area contributed by atoms with Crippen LogP contribution in [-0.4, -0.2) is 38.8 Å². The van der Waals surface area contributed by atoms with Crippen molar-refractivity contribution in [2.45, 2.75) is 12.6 Å². The number of morpholine rings is 1. The summed E-state index contributed by atoms with van der Waals surface area (Å²) in [6.07, 6.45) is -0.112. The average Bonchev–Trinajstić information content (AvgIpc) is 2.62. The number of benzene rings is 2. The van der Waals surface area contributed by atoms with Gasteiger partial charge in [0.15, 0.2) is 0 Å². The topological polar surface area (TPSA) is 30.9 Å². The summed E-state index contributed by atoms with van der Waals surface area (Å²) in [5, 5.41) is 0. The first kappa shape index (κ1) is 16.7. The Morgan fingerprint density at radius 2 is 2.04 bits per heavy atom. The van der Waals surface area contributed by atoms with E-state index in [1.54, 1.807) is 26.4 Å². The van der Waals surface area contributed by atoms with Crippen LogP contribution >= 0.6 is 0 Å². The molecule has 0 aromatic heterocycles. The first-order chi connectivity index (χ1) is 11.7. The Balaban J connectivity index is 1.71. The monoisotopic (exact) mass is 331 g/mol. The van der Waals surface area contributed by atoms with Crippen molar-refractivity contribution >= 4 is 0 Å². The molecule has 0 spiro atoms. The Morgan fingerprint density at radius 3 is 2.79 bits per heavy atom. The van der Waals surface area contributed by atoms with E-state index in [0.717, 1.165) is 42.3 Å². The predicted molar refractivity (Wildman–Crippen MR) is 89.9 cm³/mol. The summed E-state index contributed by atoms with van der Waals surface area (Å²) in [5.74, 6) is 1.35. The van der Waals surface area contributed by atoms with Crippen molar-refractivity contribution < 1.29 is 18.6 Å². The lowest BCUT2D eigenvalue weighted by molar-refractivity contribution is -0.0332. The van der Waals surface area contributed by atoms with Crippen LogP contribution in [0.25, 0.3) is 0 Å².